The van der Waals surface area contributed by atoms with E-state index in [1.165, 1.54) is 11.8 Å². The van der Waals surface area contributed by atoms with Gasteiger partial charge in [-0.1, -0.05) is 48.2 Å². The van der Waals surface area contributed by atoms with E-state index in [0.717, 1.165) is 17.0 Å². The van der Waals surface area contributed by atoms with Crippen molar-refractivity contribution in [3.05, 3.63) is 95.8 Å². The van der Waals surface area contributed by atoms with Crippen molar-refractivity contribution >= 4 is 29.3 Å². The van der Waals surface area contributed by atoms with Crippen LogP contribution in [0.25, 0.3) is 5.69 Å². The second-order valence-corrected chi connectivity index (χ2v) is 9.12. The number of amides is 2. The summed E-state index contributed by atoms with van der Waals surface area (Å²) in [7, 11) is 0. The number of para-hydroxylation sites is 2. The normalized spacial score (nSPS) is 11.6. The number of thioether (sulfide) groups is 1. The van der Waals surface area contributed by atoms with Crippen LogP contribution in [-0.4, -0.2) is 31.8 Å². The van der Waals surface area contributed by atoms with E-state index in [0.29, 0.717) is 22.2 Å². The number of carbonyl (C=O) groups excluding carboxylic acids is 2. The van der Waals surface area contributed by atoms with Crippen molar-refractivity contribution in [1.29, 1.82) is 0 Å². The number of hydrogen-bond donors (Lipinski definition) is 2. The van der Waals surface area contributed by atoms with Crippen LogP contribution in [0, 0.1) is 6.92 Å². The second kappa shape index (κ2) is 10.9. The zero-order valence-electron chi connectivity index (χ0n) is 19.3. The number of anilines is 1. The molecule has 4 rings (SSSR count). The Labute approximate surface area is 207 Å². The SMILES string of the molecule is Cc1ccccc1OCc1nnc(SC(C)C(=O)Nc2ccc(C(N)=O)cc2)n1-c1ccccc1. The Morgan fingerprint density at radius 2 is 1.69 bits per heavy atom. The standard InChI is InChI=1S/C26H25N5O3S/c1-17-8-6-7-11-22(17)34-16-23-29-30-26(31(23)21-9-4-3-5-10-21)35-18(2)25(33)28-20-14-12-19(13-15-20)24(27)32/h3-15,18H,16H2,1-2H3,(H2,27,32)(H,28,33). The zero-order chi connectivity index (χ0) is 24.8. The summed E-state index contributed by atoms with van der Waals surface area (Å²) in [5.41, 5.74) is 8.12. The minimum absolute atomic E-state index is 0.206. The lowest BCUT2D eigenvalue weighted by atomic mass is 10.2. The number of nitrogens with zero attached hydrogens (tertiary/aromatic N) is 3. The number of carbonyl (C=O) groups is 2. The number of rotatable bonds is 9. The third kappa shape index (κ3) is 5.88. The van der Waals surface area contributed by atoms with Gasteiger partial charge in [0.05, 0.1) is 5.25 Å². The first kappa shape index (κ1) is 24.0. The van der Waals surface area contributed by atoms with Crippen LogP contribution in [0.15, 0.2) is 84.0 Å². The fourth-order valence-electron chi connectivity index (χ4n) is 3.34. The smallest absolute Gasteiger partial charge is 0.248 e. The summed E-state index contributed by atoms with van der Waals surface area (Å²) in [4.78, 5) is 24.1. The summed E-state index contributed by atoms with van der Waals surface area (Å²) in [5, 5.41) is 11.7. The fourth-order valence-corrected chi connectivity index (χ4v) is 4.23. The maximum Gasteiger partial charge on any atom is 0.248 e. The van der Waals surface area contributed by atoms with Crippen LogP contribution >= 0.6 is 11.8 Å². The topological polar surface area (TPSA) is 112 Å². The Bertz CT molecular complexity index is 1320. The fraction of sp³-hybridized carbons (Fsp3) is 0.154. The highest BCUT2D eigenvalue weighted by atomic mass is 32.2. The van der Waals surface area contributed by atoms with Gasteiger partial charge < -0.3 is 15.8 Å². The molecule has 9 heteroatoms. The molecule has 0 spiro atoms. The molecule has 0 aliphatic heterocycles. The van der Waals surface area contributed by atoms with Crippen LogP contribution in [0.2, 0.25) is 0 Å². The Morgan fingerprint density at radius 1 is 1.00 bits per heavy atom. The lowest BCUT2D eigenvalue weighted by Crippen LogP contribution is -2.23. The average molecular weight is 488 g/mol. The van der Waals surface area contributed by atoms with Gasteiger partial charge in [0.15, 0.2) is 11.0 Å². The van der Waals surface area contributed by atoms with Crippen molar-refractivity contribution in [2.45, 2.75) is 30.9 Å². The largest absolute Gasteiger partial charge is 0.485 e. The van der Waals surface area contributed by atoms with E-state index in [-0.39, 0.29) is 12.5 Å². The predicted octanol–water partition coefficient (Wildman–Crippen LogP) is 4.37. The van der Waals surface area contributed by atoms with Crippen LogP contribution in [0.3, 0.4) is 0 Å². The Kier molecular flexibility index (Phi) is 7.47. The van der Waals surface area contributed by atoms with Crippen LogP contribution in [0.4, 0.5) is 5.69 Å². The van der Waals surface area contributed by atoms with E-state index >= 15 is 0 Å². The molecule has 3 N–H and O–H groups in total. The quantitative estimate of drug-likeness (QED) is 0.339. The molecule has 0 saturated heterocycles. The van der Waals surface area contributed by atoms with Crippen molar-refractivity contribution in [3.63, 3.8) is 0 Å². The van der Waals surface area contributed by atoms with Crippen molar-refractivity contribution < 1.29 is 14.3 Å². The summed E-state index contributed by atoms with van der Waals surface area (Å²) >= 11 is 1.29. The van der Waals surface area contributed by atoms with Gasteiger partial charge in [0.2, 0.25) is 11.8 Å². The summed E-state index contributed by atoms with van der Waals surface area (Å²) in [6.45, 7) is 4.01. The van der Waals surface area contributed by atoms with Gasteiger partial charge in [0.1, 0.15) is 12.4 Å². The first-order valence-electron chi connectivity index (χ1n) is 11.0. The molecule has 3 aromatic carbocycles. The molecular weight excluding hydrogens is 462 g/mol. The Morgan fingerprint density at radius 3 is 2.37 bits per heavy atom. The molecule has 0 fully saturated rings. The number of benzene rings is 3. The number of hydrogen-bond acceptors (Lipinski definition) is 6. The summed E-state index contributed by atoms with van der Waals surface area (Å²) < 4.78 is 7.91. The zero-order valence-corrected chi connectivity index (χ0v) is 20.2. The molecule has 178 valence electrons. The molecule has 0 saturated carbocycles. The number of primary amides is 1. The Hall–Kier alpha value is -4.11. The van der Waals surface area contributed by atoms with Crippen molar-refractivity contribution in [2.75, 3.05) is 5.32 Å². The lowest BCUT2D eigenvalue weighted by molar-refractivity contribution is -0.115. The molecule has 8 nitrogen and oxygen atoms in total. The highest BCUT2D eigenvalue weighted by Crippen LogP contribution is 2.27. The second-order valence-electron chi connectivity index (χ2n) is 7.81. The molecule has 1 unspecified atom stereocenters. The molecule has 0 radical (unpaired) electrons. The van der Waals surface area contributed by atoms with Crippen LogP contribution < -0.4 is 15.8 Å². The molecule has 4 aromatic rings. The highest BCUT2D eigenvalue weighted by Gasteiger charge is 2.22. The van der Waals surface area contributed by atoms with Gasteiger partial charge in [0, 0.05) is 16.9 Å². The molecule has 0 bridgehead atoms. The van der Waals surface area contributed by atoms with Gasteiger partial charge in [-0.3, -0.25) is 14.2 Å². The Balaban J connectivity index is 1.51. The minimum Gasteiger partial charge on any atom is -0.485 e. The van der Waals surface area contributed by atoms with Gasteiger partial charge in [0.25, 0.3) is 0 Å². The average Bonchev–Trinajstić information content (AvgIpc) is 3.26. The van der Waals surface area contributed by atoms with Crippen LogP contribution in [0.1, 0.15) is 28.7 Å². The molecule has 35 heavy (non-hydrogen) atoms. The predicted molar refractivity (Wildman–Crippen MR) is 136 cm³/mol. The molecule has 2 amide bonds. The molecule has 0 aliphatic carbocycles. The molecular formula is C26H25N5O3S. The molecule has 1 atom stereocenters. The minimum atomic E-state index is -0.519. The van der Waals surface area contributed by atoms with Crippen LogP contribution in [-0.2, 0) is 11.4 Å². The van der Waals surface area contributed by atoms with Gasteiger partial charge in [-0.25, -0.2) is 0 Å². The summed E-state index contributed by atoms with van der Waals surface area (Å²) in [5.74, 6) is 0.674. The number of nitrogens with one attached hydrogen (secondary N) is 1. The molecule has 1 aromatic heterocycles. The van der Waals surface area contributed by atoms with E-state index in [1.54, 1.807) is 31.2 Å². The van der Waals surface area contributed by atoms with E-state index in [2.05, 4.69) is 15.5 Å². The molecule has 1 heterocycles. The highest BCUT2D eigenvalue weighted by molar-refractivity contribution is 8.00. The van der Waals surface area contributed by atoms with Crippen LogP contribution in [0.5, 0.6) is 5.75 Å². The van der Waals surface area contributed by atoms with E-state index in [9.17, 15) is 9.59 Å². The van der Waals surface area contributed by atoms with Crippen molar-refractivity contribution in [3.8, 4) is 11.4 Å². The number of nitrogens with two attached hydrogens (primary N) is 1. The third-order valence-electron chi connectivity index (χ3n) is 5.25. The number of aryl methyl sites for hydroxylation is 1. The third-order valence-corrected chi connectivity index (χ3v) is 6.30. The first-order valence-corrected chi connectivity index (χ1v) is 11.9. The number of ether oxygens (including phenoxy) is 1. The van der Waals surface area contributed by atoms with Crippen molar-refractivity contribution in [2.24, 2.45) is 5.73 Å². The van der Waals surface area contributed by atoms with E-state index in [4.69, 9.17) is 10.5 Å². The maximum absolute atomic E-state index is 12.8. The monoisotopic (exact) mass is 487 g/mol. The van der Waals surface area contributed by atoms with Crippen molar-refractivity contribution in [1.82, 2.24) is 14.8 Å². The summed E-state index contributed by atoms with van der Waals surface area (Å²) in [6, 6.07) is 23.9. The van der Waals surface area contributed by atoms with E-state index in [1.807, 2.05) is 66.1 Å². The lowest BCUT2D eigenvalue weighted by Gasteiger charge is -2.14. The first-order chi connectivity index (χ1) is 16.9. The van der Waals surface area contributed by atoms with Gasteiger partial charge >= 0.3 is 0 Å². The summed E-state index contributed by atoms with van der Waals surface area (Å²) in [6.07, 6.45) is 0. The van der Waals surface area contributed by atoms with E-state index < -0.39 is 11.2 Å². The molecule has 0 aliphatic rings. The van der Waals surface area contributed by atoms with Gasteiger partial charge in [-0.2, -0.15) is 0 Å². The maximum atomic E-state index is 12.8. The van der Waals surface area contributed by atoms with Gasteiger partial charge in [-0.15, -0.1) is 10.2 Å². The number of aromatic nitrogens is 3. The van der Waals surface area contributed by atoms with Gasteiger partial charge in [-0.05, 0) is 61.9 Å².